The minimum absolute atomic E-state index is 0.385. The molecule has 0 fully saturated rings. The van der Waals surface area contributed by atoms with Gasteiger partial charge >= 0.3 is 5.97 Å². The van der Waals surface area contributed by atoms with Crippen LogP contribution in [0.15, 0.2) is 12.1 Å². The Kier molecular flexibility index (Phi) is 6.30. The highest BCUT2D eigenvalue weighted by Gasteiger charge is 2.31. The summed E-state index contributed by atoms with van der Waals surface area (Å²) in [6, 6.07) is 2.60. The highest BCUT2D eigenvalue weighted by molar-refractivity contribution is 5.78. The number of hydrogen-bond donors (Lipinski definition) is 1. The number of likely N-dealkylation sites (N-methyl/N-ethyl adjacent to an activating group) is 1. The Morgan fingerprint density at radius 1 is 1.10 bits per heavy atom. The highest BCUT2D eigenvalue weighted by Crippen LogP contribution is 2.43. The Morgan fingerprint density at radius 3 is 2.05 bits per heavy atom. The lowest BCUT2D eigenvalue weighted by molar-refractivity contribution is -0.143. The molecular formula is C15H23NO5. The van der Waals surface area contributed by atoms with Crippen molar-refractivity contribution in [2.24, 2.45) is 0 Å². The van der Waals surface area contributed by atoms with Crippen molar-refractivity contribution in [1.82, 2.24) is 4.90 Å². The van der Waals surface area contributed by atoms with Crippen LogP contribution < -0.4 is 14.2 Å². The van der Waals surface area contributed by atoms with Crippen molar-refractivity contribution in [1.29, 1.82) is 0 Å². The zero-order chi connectivity index (χ0) is 16.0. The van der Waals surface area contributed by atoms with Crippen LogP contribution in [0.3, 0.4) is 0 Å². The molecule has 0 spiro atoms. The lowest BCUT2D eigenvalue weighted by Gasteiger charge is -2.28. The maximum atomic E-state index is 11.7. The molecule has 1 rings (SSSR count). The van der Waals surface area contributed by atoms with Crippen molar-refractivity contribution < 1.29 is 24.1 Å². The molecule has 1 N–H and O–H groups in total. The summed E-state index contributed by atoms with van der Waals surface area (Å²) in [4.78, 5) is 13.6. The first kappa shape index (κ1) is 17.1. The number of rotatable bonds is 8. The summed E-state index contributed by atoms with van der Waals surface area (Å²) in [6.45, 7) is 5.08. The van der Waals surface area contributed by atoms with Gasteiger partial charge in [-0.05, 0) is 25.2 Å². The van der Waals surface area contributed by atoms with Crippen molar-refractivity contribution >= 4 is 5.97 Å². The van der Waals surface area contributed by atoms with E-state index >= 15 is 0 Å². The van der Waals surface area contributed by atoms with Gasteiger partial charge in [0, 0.05) is 5.56 Å². The van der Waals surface area contributed by atoms with Gasteiger partial charge in [-0.15, -0.1) is 0 Å². The molecule has 0 aliphatic heterocycles. The molecule has 0 saturated heterocycles. The predicted molar refractivity (Wildman–Crippen MR) is 79.4 cm³/mol. The van der Waals surface area contributed by atoms with Gasteiger partial charge in [0.2, 0.25) is 5.75 Å². The van der Waals surface area contributed by atoms with E-state index in [2.05, 4.69) is 0 Å². The van der Waals surface area contributed by atoms with Crippen LogP contribution in [0.2, 0.25) is 0 Å². The molecule has 21 heavy (non-hydrogen) atoms. The monoisotopic (exact) mass is 297 g/mol. The van der Waals surface area contributed by atoms with E-state index in [4.69, 9.17) is 14.2 Å². The second-order valence-corrected chi connectivity index (χ2v) is 4.39. The third kappa shape index (κ3) is 3.39. The van der Waals surface area contributed by atoms with Crippen LogP contribution in [0.25, 0.3) is 0 Å². The van der Waals surface area contributed by atoms with E-state index in [0.29, 0.717) is 35.9 Å². The first-order chi connectivity index (χ1) is 10.0. The topological polar surface area (TPSA) is 68.2 Å². The average molecular weight is 297 g/mol. The predicted octanol–water partition coefficient (Wildman–Crippen LogP) is 2.18. The Morgan fingerprint density at radius 2 is 1.67 bits per heavy atom. The van der Waals surface area contributed by atoms with Gasteiger partial charge in [-0.3, -0.25) is 9.69 Å². The smallest absolute Gasteiger partial charge is 0.325 e. The van der Waals surface area contributed by atoms with E-state index in [0.717, 1.165) is 0 Å². The van der Waals surface area contributed by atoms with Gasteiger partial charge in [-0.25, -0.2) is 0 Å². The van der Waals surface area contributed by atoms with Crippen molar-refractivity contribution in [2.45, 2.75) is 19.9 Å². The first-order valence-electron chi connectivity index (χ1n) is 6.81. The van der Waals surface area contributed by atoms with Gasteiger partial charge in [0.05, 0.1) is 21.3 Å². The zero-order valence-corrected chi connectivity index (χ0v) is 13.2. The Labute approximate surface area is 125 Å². The quantitative estimate of drug-likeness (QED) is 0.793. The lowest BCUT2D eigenvalue weighted by atomic mass is 10.0. The molecule has 6 heteroatoms. The second kappa shape index (κ2) is 7.73. The fraction of sp³-hybridized carbons (Fsp3) is 0.533. The summed E-state index contributed by atoms with van der Waals surface area (Å²) in [5.74, 6) is 0.359. The number of aliphatic carboxylic acids is 1. The second-order valence-electron chi connectivity index (χ2n) is 4.39. The molecule has 0 aromatic heterocycles. The lowest BCUT2D eigenvalue weighted by Crippen LogP contribution is -2.34. The maximum absolute atomic E-state index is 11.7. The van der Waals surface area contributed by atoms with Crippen molar-refractivity contribution in [3.8, 4) is 17.2 Å². The van der Waals surface area contributed by atoms with Crippen LogP contribution in [0.5, 0.6) is 17.2 Å². The van der Waals surface area contributed by atoms with Crippen LogP contribution in [0.4, 0.5) is 0 Å². The van der Waals surface area contributed by atoms with Crippen molar-refractivity contribution in [3.63, 3.8) is 0 Å². The average Bonchev–Trinajstić information content (AvgIpc) is 2.50. The number of hydrogen-bond acceptors (Lipinski definition) is 5. The largest absolute Gasteiger partial charge is 0.493 e. The molecule has 0 heterocycles. The SMILES string of the molecule is CCN(CC)C(C(=O)O)c1ccc(OC)c(OC)c1OC. The summed E-state index contributed by atoms with van der Waals surface area (Å²) < 4.78 is 15.9. The van der Waals surface area contributed by atoms with E-state index in [1.165, 1.54) is 21.3 Å². The third-order valence-corrected chi connectivity index (χ3v) is 3.44. The van der Waals surface area contributed by atoms with E-state index in [9.17, 15) is 9.90 Å². The normalized spacial score (nSPS) is 12.1. The highest BCUT2D eigenvalue weighted by atomic mass is 16.5. The van der Waals surface area contributed by atoms with E-state index in [1.807, 2.05) is 18.7 Å². The van der Waals surface area contributed by atoms with Crippen LogP contribution in [0, 0.1) is 0 Å². The molecular weight excluding hydrogens is 274 g/mol. The van der Waals surface area contributed by atoms with Crippen LogP contribution >= 0.6 is 0 Å². The van der Waals surface area contributed by atoms with E-state index in [1.54, 1.807) is 12.1 Å². The molecule has 0 aliphatic rings. The number of carbonyl (C=O) groups is 1. The standard InChI is InChI=1S/C15H23NO5/c1-6-16(7-2)12(15(17)18)10-8-9-11(19-3)14(21-5)13(10)20-4/h8-9,12H,6-7H2,1-5H3,(H,17,18). The van der Waals surface area contributed by atoms with Crippen LogP contribution in [-0.2, 0) is 4.79 Å². The molecule has 1 aromatic rings. The molecule has 6 nitrogen and oxygen atoms in total. The van der Waals surface area contributed by atoms with Crippen molar-refractivity contribution in [2.75, 3.05) is 34.4 Å². The molecule has 0 aliphatic carbocycles. The molecule has 0 bridgehead atoms. The summed E-state index contributed by atoms with van der Waals surface area (Å²) in [6.07, 6.45) is 0. The Bertz CT molecular complexity index is 485. The third-order valence-electron chi connectivity index (χ3n) is 3.44. The molecule has 1 aromatic carbocycles. The minimum Gasteiger partial charge on any atom is -0.493 e. The number of nitrogens with zero attached hydrogens (tertiary/aromatic N) is 1. The van der Waals surface area contributed by atoms with Gasteiger partial charge in [-0.1, -0.05) is 13.8 Å². The summed E-state index contributed by atoms with van der Waals surface area (Å²) in [5, 5.41) is 9.60. The van der Waals surface area contributed by atoms with Gasteiger partial charge < -0.3 is 19.3 Å². The van der Waals surface area contributed by atoms with E-state index < -0.39 is 12.0 Å². The van der Waals surface area contributed by atoms with Gasteiger partial charge in [-0.2, -0.15) is 0 Å². The Balaban J connectivity index is 3.48. The number of benzene rings is 1. The van der Waals surface area contributed by atoms with Gasteiger partial charge in [0.25, 0.3) is 0 Å². The number of methoxy groups -OCH3 is 3. The minimum atomic E-state index is -0.927. The number of ether oxygens (including phenoxy) is 3. The molecule has 1 atom stereocenters. The van der Waals surface area contributed by atoms with Crippen LogP contribution in [0.1, 0.15) is 25.5 Å². The molecule has 118 valence electrons. The number of carboxylic acid groups (broad SMARTS) is 1. The Hall–Kier alpha value is -1.95. The molecule has 1 unspecified atom stereocenters. The zero-order valence-electron chi connectivity index (χ0n) is 13.2. The molecule has 0 saturated carbocycles. The van der Waals surface area contributed by atoms with Gasteiger partial charge in [0.15, 0.2) is 11.5 Å². The van der Waals surface area contributed by atoms with Gasteiger partial charge in [0.1, 0.15) is 6.04 Å². The fourth-order valence-corrected chi connectivity index (χ4v) is 2.41. The summed E-state index contributed by atoms with van der Waals surface area (Å²) >= 11 is 0. The summed E-state index contributed by atoms with van der Waals surface area (Å²) in [7, 11) is 4.51. The van der Waals surface area contributed by atoms with Crippen molar-refractivity contribution in [3.05, 3.63) is 17.7 Å². The fourth-order valence-electron chi connectivity index (χ4n) is 2.41. The van der Waals surface area contributed by atoms with Crippen LogP contribution in [-0.4, -0.2) is 50.4 Å². The molecule has 0 amide bonds. The number of carboxylic acids is 1. The maximum Gasteiger partial charge on any atom is 0.325 e. The van der Waals surface area contributed by atoms with E-state index in [-0.39, 0.29) is 0 Å². The summed E-state index contributed by atoms with van der Waals surface area (Å²) in [5.41, 5.74) is 0.548. The molecule has 0 radical (unpaired) electrons. The first-order valence-corrected chi connectivity index (χ1v) is 6.81.